The normalized spacial score (nSPS) is 11.4. The Labute approximate surface area is 216 Å². The van der Waals surface area contributed by atoms with Gasteiger partial charge in [-0.05, 0) is 47.9 Å². The van der Waals surface area contributed by atoms with Crippen molar-refractivity contribution in [2.24, 2.45) is 0 Å². The molecule has 0 saturated heterocycles. The summed E-state index contributed by atoms with van der Waals surface area (Å²) in [5.74, 6) is 0.881. The Hall–Kier alpha value is -4.56. The van der Waals surface area contributed by atoms with E-state index in [2.05, 4.69) is 76.4 Å². The van der Waals surface area contributed by atoms with Gasteiger partial charge < -0.3 is 9.79 Å². The van der Waals surface area contributed by atoms with Gasteiger partial charge in [0.25, 0.3) is 0 Å². The molecule has 0 radical (unpaired) electrons. The predicted octanol–water partition coefficient (Wildman–Crippen LogP) is 4.71. The Bertz CT molecular complexity index is 1670. The van der Waals surface area contributed by atoms with Crippen molar-refractivity contribution in [2.75, 3.05) is 0 Å². The highest BCUT2D eigenvalue weighted by Gasteiger charge is 2.18. The summed E-state index contributed by atoms with van der Waals surface area (Å²) in [6.07, 6.45) is 3.53. The number of fused-ring (bicyclic) bond motifs is 1. The molecule has 0 aliphatic rings. The first-order valence-electron chi connectivity index (χ1n) is 12.3. The van der Waals surface area contributed by atoms with Gasteiger partial charge in [-0.1, -0.05) is 60.7 Å². The molecule has 0 atom stereocenters. The molecule has 4 heterocycles. The zero-order valence-electron chi connectivity index (χ0n) is 20.8. The topological polar surface area (TPSA) is 75.0 Å². The molecule has 6 aromatic rings. The van der Waals surface area contributed by atoms with Crippen LogP contribution in [0.2, 0.25) is 0 Å². The molecule has 0 fully saturated rings. The molecule has 4 aromatic heterocycles. The number of H-pyrrole nitrogens is 1. The molecule has 0 unspecified atom stereocenters. The minimum atomic E-state index is 0.660. The van der Waals surface area contributed by atoms with Gasteiger partial charge >= 0.3 is 0 Å². The maximum Gasteiger partial charge on any atom is 0.186 e. The molecule has 0 bridgehead atoms. The highest BCUT2D eigenvalue weighted by atomic mass is 15.3. The number of aromatic nitrogens is 6. The summed E-state index contributed by atoms with van der Waals surface area (Å²) < 4.78 is 1.77. The number of hydrogen-bond donors (Lipinski definition) is 1. The first kappa shape index (κ1) is 22.9. The number of aromatic amines is 1. The van der Waals surface area contributed by atoms with Crippen LogP contribution in [0.3, 0.4) is 0 Å². The van der Waals surface area contributed by atoms with E-state index >= 15 is 0 Å². The van der Waals surface area contributed by atoms with E-state index in [1.54, 1.807) is 10.8 Å². The van der Waals surface area contributed by atoms with Crippen LogP contribution in [0.15, 0.2) is 97.5 Å². The molecule has 8 heteroatoms. The quantitative estimate of drug-likeness (QED) is 0.333. The summed E-state index contributed by atoms with van der Waals surface area (Å²) in [4.78, 5) is 19.9. The number of aryl methyl sites for hydroxylation is 1. The summed E-state index contributed by atoms with van der Waals surface area (Å²) >= 11 is 0. The summed E-state index contributed by atoms with van der Waals surface area (Å²) in [5.41, 5.74) is 9.08. The SMILES string of the molecule is BN(Cc1nc(-c2cccc(C)n2)c(-c2ccc3ncnn3c2)[nH]1)Cc1ccccc1-c1ccccc1. The summed E-state index contributed by atoms with van der Waals surface area (Å²) in [5, 5.41) is 4.30. The highest BCUT2D eigenvalue weighted by molar-refractivity contribution is 6.04. The van der Waals surface area contributed by atoms with Gasteiger partial charge in [-0.3, -0.25) is 4.98 Å². The van der Waals surface area contributed by atoms with E-state index in [9.17, 15) is 0 Å². The summed E-state index contributed by atoms with van der Waals surface area (Å²) in [7, 11) is 2.12. The van der Waals surface area contributed by atoms with Gasteiger partial charge in [0, 0.05) is 30.5 Å². The monoisotopic (exact) mass is 483 g/mol. The van der Waals surface area contributed by atoms with E-state index in [1.807, 2.05) is 49.5 Å². The van der Waals surface area contributed by atoms with Crippen molar-refractivity contribution in [1.29, 1.82) is 0 Å². The number of pyridine rings is 2. The van der Waals surface area contributed by atoms with Gasteiger partial charge in [-0.2, -0.15) is 5.10 Å². The van der Waals surface area contributed by atoms with Crippen LogP contribution in [0.4, 0.5) is 0 Å². The zero-order chi connectivity index (χ0) is 25.2. The van der Waals surface area contributed by atoms with Crippen molar-refractivity contribution in [1.82, 2.24) is 34.4 Å². The Morgan fingerprint density at radius 2 is 1.68 bits per heavy atom. The van der Waals surface area contributed by atoms with E-state index < -0.39 is 0 Å². The van der Waals surface area contributed by atoms with E-state index in [0.29, 0.717) is 6.54 Å². The van der Waals surface area contributed by atoms with Crippen LogP contribution < -0.4 is 0 Å². The molecule has 0 aliphatic heterocycles. The largest absolute Gasteiger partial charge is 0.340 e. The van der Waals surface area contributed by atoms with Gasteiger partial charge in [-0.25, -0.2) is 14.5 Å². The number of benzene rings is 2. The maximum atomic E-state index is 5.02. The second-order valence-corrected chi connectivity index (χ2v) is 9.25. The minimum absolute atomic E-state index is 0.660. The molecule has 6 rings (SSSR count). The lowest BCUT2D eigenvalue weighted by molar-refractivity contribution is 0.433. The summed E-state index contributed by atoms with van der Waals surface area (Å²) in [6.45, 7) is 3.45. The van der Waals surface area contributed by atoms with Gasteiger partial charge in [0.2, 0.25) is 0 Å². The second-order valence-electron chi connectivity index (χ2n) is 9.25. The highest BCUT2D eigenvalue weighted by Crippen LogP contribution is 2.30. The third kappa shape index (κ3) is 4.79. The van der Waals surface area contributed by atoms with Crippen molar-refractivity contribution in [3.8, 4) is 33.8 Å². The summed E-state index contributed by atoms with van der Waals surface area (Å²) in [6, 6.07) is 29.1. The fourth-order valence-corrected chi connectivity index (χ4v) is 4.69. The first-order chi connectivity index (χ1) is 18.1. The predicted molar refractivity (Wildman–Crippen MR) is 148 cm³/mol. The van der Waals surface area contributed by atoms with Crippen LogP contribution in [0.25, 0.3) is 39.4 Å². The molecular formula is C29H26BN7. The smallest absolute Gasteiger partial charge is 0.186 e. The fourth-order valence-electron chi connectivity index (χ4n) is 4.69. The molecule has 180 valence electrons. The van der Waals surface area contributed by atoms with Crippen LogP contribution in [-0.2, 0) is 13.1 Å². The van der Waals surface area contributed by atoms with Crippen LogP contribution >= 0.6 is 0 Å². The Balaban J connectivity index is 1.33. The third-order valence-electron chi connectivity index (χ3n) is 6.41. The number of rotatable bonds is 7. The molecule has 7 nitrogen and oxygen atoms in total. The van der Waals surface area contributed by atoms with Crippen molar-refractivity contribution in [2.45, 2.75) is 20.0 Å². The van der Waals surface area contributed by atoms with Crippen LogP contribution in [0, 0.1) is 6.92 Å². The lowest BCUT2D eigenvalue weighted by atomic mass is 9.99. The van der Waals surface area contributed by atoms with Gasteiger partial charge in [-0.15, -0.1) is 0 Å². The fraction of sp³-hybridized carbons (Fsp3) is 0.103. The molecule has 1 N–H and O–H groups in total. The molecule has 2 aromatic carbocycles. The van der Waals surface area contributed by atoms with Crippen molar-refractivity contribution >= 4 is 13.6 Å². The number of nitrogens with zero attached hydrogens (tertiary/aromatic N) is 6. The molecular weight excluding hydrogens is 457 g/mol. The Morgan fingerprint density at radius 1 is 0.838 bits per heavy atom. The number of nitrogens with one attached hydrogen (secondary N) is 1. The average molecular weight is 483 g/mol. The van der Waals surface area contributed by atoms with Gasteiger partial charge in [0.1, 0.15) is 17.8 Å². The van der Waals surface area contributed by atoms with E-state index in [1.165, 1.54) is 16.7 Å². The number of hydrogen-bond acceptors (Lipinski definition) is 5. The molecule has 0 amide bonds. The van der Waals surface area contributed by atoms with Gasteiger partial charge in [0.05, 0.1) is 11.4 Å². The van der Waals surface area contributed by atoms with Crippen molar-refractivity contribution in [3.63, 3.8) is 0 Å². The average Bonchev–Trinajstić information content (AvgIpc) is 3.56. The van der Waals surface area contributed by atoms with Crippen LogP contribution in [-0.4, -0.2) is 42.3 Å². The van der Waals surface area contributed by atoms with E-state index in [0.717, 1.165) is 46.4 Å². The zero-order valence-corrected chi connectivity index (χ0v) is 20.8. The minimum Gasteiger partial charge on any atom is -0.340 e. The Morgan fingerprint density at radius 3 is 2.54 bits per heavy atom. The molecule has 0 aliphatic carbocycles. The third-order valence-corrected chi connectivity index (χ3v) is 6.41. The second kappa shape index (κ2) is 9.83. The van der Waals surface area contributed by atoms with Crippen LogP contribution in [0.5, 0.6) is 0 Å². The van der Waals surface area contributed by atoms with Crippen molar-refractivity contribution < 1.29 is 0 Å². The van der Waals surface area contributed by atoms with Crippen LogP contribution in [0.1, 0.15) is 17.1 Å². The number of imidazole rings is 1. The van der Waals surface area contributed by atoms with E-state index in [4.69, 9.17) is 9.97 Å². The molecule has 0 spiro atoms. The van der Waals surface area contributed by atoms with Crippen molar-refractivity contribution in [3.05, 3.63) is 115 Å². The Kier molecular flexibility index (Phi) is 6.08. The first-order valence-corrected chi connectivity index (χ1v) is 12.3. The molecule has 0 saturated carbocycles. The lowest BCUT2D eigenvalue weighted by Gasteiger charge is -2.18. The standard InChI is InChI=1S/C29H26BN7/c1-20-8-7-13-25(33-20)29-28(23-14-15-27-31-19-32-37(27)17-23)34-26(35-29)18-36(30)16-22-11-5-6-12-24(22)21-9-3-2-4-10-21/h2-15,17,19H,16,18,30H2,1H3,(H,34,35). The lowest BCUT2D eigenvalue weighted by Crippen LogP contribution is -2.20. The molecule has 37 heavy (non-hydrogen) atoms. The van der Waals surface area contributed by atoms with Gasteiger partial charge in [0.15, 0.2) is 13.6 Å². The maximum absolute atomic E-state index is 5.02. The van der Waals surface area contributed by atoms with E-state index in [-0.39, 0.29) is 0 Å².